The molecule has 0 radical (unpaired) electrons. The number of hydrogen-bond acceptors (Lipinski definition) is 3. The Labute approximate surface area is 132 Å². The summed E-state index contributed by atoms with van der Waals surface area (Å²) < 4.78 is 0. The number of carboxylic acids is 1. The van der Waals surface area contributed by atoms with Gasteiger partial charge in [0.05, 0.1) is 10.8 Å². The second-order valence-corrected chi connectivity index (χ2v) is 6.34. The molecule has 1 heterocycles. The molecular formula is C17H15NO3S. The summed E-state index contributed by atoms with van der Waals surface area (Å²) in [7, 11) is 0. The average Bonchev–Trinajstić information content (AvgIpc) is 2.67. The van der Waals surface area contributed by atoms with Crippen LogP contribution in [0, 0.1) is 0 Å². The monoisotopic (exact) mass is 313 g/mol. The summed E-state index contributed by atoms with van der Waals surface area (Å²) in [6.45, 7) is 0. The van der Waals surface area contributed by atoms with Crippen LogP contribution in [0.2, 0.25) is 0 Å². The molecule has 1 amide bonds. The highest BCUT2D eigenvalue weighted by Gasteiger charge is 2.25. The van der Waals surface area contributed by atoms with Crippen molar-refractivity contribution >= 4 is 29.3 Å². The number of fused-ring (bicyclic) bond motifs is 1. The lowest BCUT2D eigenvalue weighted by molar-refractivity contribution is -0.115. The van der Waals surface area contributed by atoms with Crippen molar-refractivity contribution in [3.63, 3.8) is 0 Å². The van der Waals surface area contributed by atoms with Gasteiger partial charge in [-0.2, -0.15) is 0 Å². The number of aryl methyl sites for hydroxylation is 1. The first-order valence-electron chi connectivity index (χ1n) is 7.03. The van der Waals surface area contributed by atoms with E-state index in [1.807, 2.05) is 24.3 Å². The van der Waals surface area contributed by atoms with E-state index in [2.05, 4.69) is 5.32 Å². The minimum atomic E-state index is -0.972. The number of amides is 1. The molecule has 22 heavy (non-hydrogen) atoms. The normalized spacial score (nSPS) is 17.3. The van der Waals surface area contributed by atoms with Crippen LogP contribution in [0.4, 0.5) is 5.69 Å². The zero-order chi connectivity index (χ0) is 15.5. The first-order chi connectivity index (χ1) is 10.6. The molecule has 0 spiro atoms. The predicted octanol–water partition coefficient (Wildman–Crippen LogP) is 3.43. The molecule has 3 rings (SSSR count). The second kappa shape index (κ2) is 6.23. The lowest BCUT2D eigenvalue weighted by Gasteiger charge is -2.14. The topological polar surface area (TPSA) is 66.4 Å². The zero-order valence-corrected chi connectivity index (χ0v) is 12.6. The van der Waals surface area contributed by atoms with Crippen molar-refractivity contribution in [2.75, 3.05) is 5.32 Å². The summed E-state index contributed by atoms with van der Waals surface area (Å²) in [4.78, 5) is 24.3. The van der Waals surface area contributed by atoms with Crippen molar-refractivity contribution in [3.05, 3.63) is 59.7 Å². The molecule has 0 aromatic heterocycles. The Bertz CT molecular complexity index is 729. The Kier molecular flexibility index (Phi) is 4.15. The maximum atomic E-state index is 12.4. The Morgan fingerprint density at radius 2 is 1.86 bits per heavy atom. The smallest absolute Gasteiger partial charge is 0.336 e. The van der Waals surface area contributed by atoms with Crippen LogP contribution in [0.3, 0.4) is 0 Å². The summed E-state index contributed by atoms with van der Waals surface area (Å²) in [6, 6.07) is 14.5. The van der Waals surface area contributed by atoms with Gasteiger partial charge in [0, 0.05) is 10.6 Å². The molecule has 0 fully saturated rings. The van der Waals surface area contributed by atoms with Crippen molar-refractivity contribution in [2.45, 2.75) is 23.0 Å². The molecule has 0 unspecified atom stereocenters. The summed E-state index contributed by atoms with van der Waals surface area (Å²) >= 11 is 1.32. The highest BCUT2D eigenvalue weighted by molar-refractivity contribution is 8.00. The van der Waals surface area contributed by atoms with Gasteiger partial charge in [-0.3, -0.25) is 4.79 Å². The number of anilines is 1. The number of aromatic carboxylic acids is 1. The van der Waals surface area contributed by atoms with E-state index in [0.717, 1.165) is 17.7 Å². The number of rotatable bonds is 3. The van der Waals surface area contributed by atoms with E-state index in [1.54, 1.807) is 24.3 Å². The number of para-hydroxylation sites is 1. The molecule has 1 aliphatic rings. The fourth-order valence-electron chi connectivity index (χ4n) is 2.50. The standard InChI is InChI=1S/C17H15NO3S/c19-16-15(10-9-11-5-1-3-7-13(11)18-16)22-14-8-4-2-6-12(14)17(20)21/h1-8,15H,9-10H2,(H,18,19)(H,20,21)/t15-/m0/s1. The maximum absolute atomic E-state index is 12.4. The van der Waals surface area contributed by atoms with E-state index in [9.17, 15) is 14.7 Å². The van der Waals surface area contributed by atoms with Gasteiger partial charge in [-0.15, -0.1) is 11.8 Å². The van der Waals surface area contributed by atoms with E-state index in [-0.39, 0.29) is 16.7 Å². The van der Waals surface area contributed by atoms with Crippen LogP contribution < -0.4 is 5.32 Å². The predicted molar refractivity (Wildman–Crippen MR) is 86.4 cm³/mol. The van der Waals surface area contributed by atoms with E-state index >= 15 is 0 Å². The molecular weight excluding hydrogens is 298 g/mol. The highest BCUT2D eigenvalue weighted by atomic mass is 32.2. The van der Waals surface area contributed by atoms with Gasteiger partial charge in [0.15, 0.2) is 0 Å². The minimum Gasteiger partial charge on any atom is -0.478 e. The lowest BCUT2D eigenvalue weighted by atomic mass is 10.1. The van der Waals surface area contributed by atoms with Crippen molar-refractivity contribution in [3.8, 4) is 0 Å². The fourth-order valence-corrected chi connectivity index (χ4v) is 3.65. The second-order valence-electron chi connectivity index (χ2n) is 5.09. The van der Waals surface area contributed by atoms with Crippen LogP contribution in [-0.2, 0) is 11.2 Å². The largest absolute Gasteiger partial charge is 0.478 e. The Hall–Kier alpha value is -2.27. The number of hydrogen-bond donors (Lipinski definition) is 2. The first kappa shape index (κ1) is 14.7. The van der Waals surface area contributed by atoms with Crippen LogP contribution in [0.1, 0.15) is 22.3 Å². The van der Waals surface area contributed by atoms with Gasteiger partial charge in [0.1, 0.15) is 0 Å². The number of thioether (sulfide) groups is 1. The van der Waals surface area contributed by atoms with E-state index in [0.29, 0.717) is 11.3 Å². The third kappa shape index (κ3) is 2.99. The molecule has 2 aromatic rings. The molecule has 0 aliphatic carbocycles. The van der Waals surface area contributed by atoms with E-state index < -0.39 is 5.97 Å². The Morgan fingerprint density at radius 3 is 2.68 bits per heavy atom. The van der Waals surface area contributed by atoms with Crippen molar-refractivity contribution in [1.29, 1.82) is 0 Å². The number of carboxylic acid groups (broad SMARTS) is 1. The third-order valence-corrected chi connectivity index (χ3v) is 4.97. The molecule has 4 nitrogen and oxygen atoms in total. The van der Waals surface area contributed by atoms with Gasteiger partial charge < -0.3 is 10.4 Å². The first-order valence-corrected chi connectivity index (χ1v) is 7.91. The van der Waals surface area contributed by atoms with E-state index in [1.165, 1.54) is 11.8 Å². The molecule has 1 aliphatic heterocycles. The van der Waals surface area contributed by atoms with E-state index in [4.69, 9.17) is 0 Å². The van der Waals surface area contributed by atoms with Gasteiger partial charge in [-0.25, -0.2) is 4.79 Å². The zero-order valence-electron chi connectivity index (χ0n) is 11.8. The van der Waals surface area contributed by atoms with Gasteiger partial charge in [0.2, 0.25) is 5.91 Å². The average molecular weight is 313 g/mol. The van der Waals surface area contributed by atoms with Gasteiger partial charge in [-0.05, 0) is 36.6 Å². The maximum Gasteiger partial charge on any atom is 0.336 e. The molecule has 1 atom stereocenters. The minimum absolute atomic E-state index is 0.0739. The third-order valence-electron chi connectivity index (χ3n) is 3.63. The highest BCUT2D eigenvalue weighted by Crippen LogP contribution is 2.33. The van der Waals surface area contributed by atoms with Crippen LogP contribution in [0.15, 0.2) is 53.4 Å². The van der Waals surface area contributed by atoms with Crippen LogP contribution in [0.5, 0.6) is 0 Å². The Morgan fingerprint density at radius 1 is 1.14 bits per heavy atom. The molecule has 112 valence electrons. The Balaban J connectivity index is 1.83. The van der Waals surface area contributed by atoms with Crippen LogP contribution in [-0.4, -0.2) is 22.2 Å². The molecule has 0 bridgehead atoms. The molecule has 0 saturated heterocycles. The van der Waals surface area contributed by atoms with Gasteiger partial charge in [-0.1, -0.05) is 30.3 Å². The van der Waals surface area contributed by atoms with Gasteiger partial charge >= 0.3 is 5.97 Å². The van der Waals surface area contributed by atoms with Gasteiger partial charge in [0.25, 0.3) is 0 Å². The molecule has 5 heteroatoms. The summed E-state index contributed by atoms with van der Waals surface area (Å²) in [6.07, 6.45) is 1.48. The quantitative estimate of drug-likeness (QED) is 0.911. The van der Waals surface area contributed by atoms with Crippen LogP contribution in [0.25, 0.3) is 0 Å². The van der Waals surface area contributed by atoms with Crippen LogP contribution >= 0.6 is 11.8 Å². The number of carbonyl (C=O) groups excluding carboxylic acids is 1. The number of carbonyl (C=O) groups is 2. The lowest BCUT2D eigenvalue weighted by Crippen LogP contribution is -2.23. The molecule has 2 aromatic carbocycles. The number of benzene rings is 2. The van der Waals surface area contributed by atoms with Crippen molar-refractivity contribution < 1.29 is 14.7 Å². The summed E-state index contributed by atoms with van der Waals surface area (Å²) in [5.41, 5.74) is 2.20. The number of nitrogens with one attached hydrogen (secondary N) is 1. The SMILES string of the molecule is O=C(O)c1ccccc1S[C@H]1CCc2ccccc2NC1=O. The molecule has 0 saturated carbocycles. The fraction of sp³-hybridized carbons (Fsp3) is 0.176. The summed E-state index contributed by atoms with van der Waals surface area (Å²) in [5, 5.41) is 11.9. The molecule has 2 N–H and O–H groups in total. The van der Waals surface area contributed by atoms with Crippen molar-refractivity contribution in [1.82, 2.24) is 0 Å². The van der Waals surface area contributed by atoms with Crippen molar-refractivity contribution in [2.24, 2.45) is 0 Å². The summed E-state index contributed by atoms with van der Waals surface area (Å²) in [5.74, 6) is -1.05.